The lowest BCUT2D eigenvalue weighted by Crippen LogP contribution is -2.08. The summed E-state index contributed by atoms with van der Waals surface area (Å²) in [5.41, 5.74) is 1.44. The fourth-order valence-corrected chi connectivity index (χ4v) is 3.03. The number of hydrogen-bond acceptors (Lipinski definition) is 8. The zero-order valence-electron chi connectivity index (χ0n) is 12.8. The average molecular weight is 356 g/mol. The number of rotatable bonds is 5. The normalized spacial score (nSPS) is 11.5. The number of nitriles is 1. The van der Waals surface area contributed by atoms with Crippen LogP contribution in [0.25, 0.3) is 5.65 Å². The van der Waals surface area contributed by atoms with Gasteiger partial charge in [-0.3, -0.25) is 4.79 Å². The van der Waals surface area contributed by atoms with Crippen molar-refractivity contribution in [3.05, 3.63) is 45.9 Å². The predicted octanol–water partition coefficient (Wildman–Crippen LogP) is 2.92. The van der Waals surface area contributed by atoms with Crippen LogP contribution in [0, 0.1) is 18.3 Å². The third kappa shape index (κ3) is 3.15. The predicted molar refractivity (Wildman–Crippen MR) is 93.3 cm³/mol. The number of thioether (sulfide) groups is 1. The maximum Gasteiger partial charge on any atom is 0.232 e. The number of carbonyl (C=O) groups is 1. The minimum absolute atomic E-state index is 0.00112. The molecule has 3 heterocycles. The number of nitrogens with zero attached hydrogens (tertiary/aromatic N) is 5. The van der Waals surface area contributed by atoms with E-state index in [4.69, 9.17) is 0 Å². The molecule has 3 rings (SSSR count). The van der Waals surface area contributed by atoms with Gasteiger partial charge in [-0.15, -0.1) is 11.3 Å². The van der Waals surface area contributed by atoms with E-state index in [1.54, 1.807) is 17.5 Å². The van der Waals surface area contributed by atoms with Crippen LogP contribution >= 0.6 is 23.1 Å². The van der Waals surface area contributed by atoms with Crippen molar-refractivity contribution in [1.29, 1.82) is 5.26 Å². The topological polar surface area (TPSA) is 96.0 Å². The molecule has 3 aromatic heterocycles. The van der Waals surface area contributed by atoms with Crippen molar-refractivity contribution in [2.75, 3.05) is 11.6 Å². The summed E-state index contributed by atoms with van der Waals surface area (Å²) in [6, 6.07) is 7.21. The molecule has 0 amide bonds. The van der Waals surface area contributed by atoms with Crippen LogP contribution in [0.3, 0.4) is 0 Å². The molecular weight excluding hydrogens is 344 g/mol. The van der Waals surface area contributed by atoms with E-state index in [-0.39, 0.29) is 11.4 Å². The van der Waals surface area contributed by atoms with Crippen molar-refractivity contribution in [1.82, 2.24) is 19.6 Å². The van der Waals surface area contributed by atoms with Crippen molar-refractivity contribution in [3.8, 4) is 6.07 Å². The summed E-state index contributed by atoms with van der Waals surface area (Å²) >= 11 is 2.69. The Morgan fingerprint density at radius 3 is 3.00 bits per heavy atom. The molecule has 0 aliphatic rings. The van der Waals surface area contributed by atoms with E-state index in [0.717, 1.165) is 5.69 Å². The Bertz CT molecular complexity index is 968. The molecule has 0 saturated carbocycles. The lowest BCUT2D eigenvalue weighted by molar-refractivity contribution is 0.104. The van der Waals surface area contributed by atoms with Crippen molar-refractivity contribution >= 4 is 40.5 Å². The number of allylic oxidation sites excluding steroid dienone is 1. The number of carbonyl (C=O) groups excluding carboxylic acids is 1. The van der Waals surface area contributed by atoms with Gasteiger partial charge < -0.3 is 5.32 Å². The first-order valence-electron chi connectivity index (χ1n) is 6.86. The van der Waals surface area contributed by atoms with Crippen LogP contribution in [0.4, 0.5) is 5.95 Å². The lowest BCUT2D eigenvalue weighted by atomic mass is 10.2. The number of fused-ring (bicyclic) bond motifs is 1. The summed E-state index contributed by atoms with van der Waals surface area (Å²) in [5, 5.41) is 18.8. The van der Waals surface area contributed by atoms with Crippen LogP contribution in [0.1, 0.15) is 15.4 Å². The van der Waals surface area contributed by atoms with Gasteiger partial charge in [-0.05, 0) is 24.6 Å². The molecule has 7 nitrogen and oxygen atoms in total. The van der Waals surface area contributed by atoms with E-state index in [1.807, 2.05) is 25.3 Å². The maximum absolute atomic E-state index is 12.3. The third-order valence-electron chi connectivity index (χ3n) is 3.06. The smallest absolute Gasteiger partial charge is 0.232 e. The van der Waals surface area contributed by atoms with Crippen molar-refractivity contribution in [2.24, 2.45) is 0 Å². The molecule has 0 atom stereocenters. The van der Waals surface area contributed by atoms with Gasteiger partial charge in [0.2, 0.25) is 11.7 Å². The van der Waals surface area contributed by atoms with Gasteiger partial charge in [-0.2, -0.15) is 19.9 Å². The Hall–Kier alpha value is -2.70. The van der Waals surface area contributed by atoms with Crippen LogP contribution in [0.15, 0.2) is 40.5 Å². The molecule has 0 radical (unpaired) electrons. The summed E-state index contributed by atoms with van der Waals surface area (Å²) in [7, 11) is 0. The molecule has 0 aromatic carbocycles. The number of hydrogen-bond donors (Lipinski definition) is 1. The SMILES string of the molecule is CSc1nc(NC=C(C#N)C(=O)c2cccs2)n2nc(C)cc2n1. The zero-order valence-corrected chi connectivity index (χ0v) is 14.5. The Kier molecular flexibility index (Phi) is 4.59. The van der Waals surface area contributed by atoms with Gasteiger partial charge in [0, 0.05) is 12.3 Å². The van der Waals surface area contributed by atoms with Gasteiger partial charge in [0.15, 0.2) is 10.8 Å². The first-order valence-corrected chi connectivity index (χ1v) is 8.96. The maximum atomic E-state index is 12.3. The van der Waals surface area contributed by atoms with Gasteiger partial charge in [0.25, 0.3) is 0 Å². The van der Waals surface area contributed by atoms with Crippen LogP contribution in [-0.2, 0) is 0 Å². The van der Waals surface area contributed by atoms with Gasteiger partial charge in [-0.25, -0.2) is 4.98 Å². The van der Waals surface area contributed by atoms with Crippen LogP contribution < -0.4 is 5.32 Å². The van der Waals surface area contributed by atoms with E-state index >= 15 is 0 Å². The molecule has 0 bridgehead atoms. The fraction of sp³-hybridized carbons (Fsp3) is 0.133. The van der Waals surface area contributed by atoms with Crippen LogP contribution in [0.2, 0.25) is 0 Å². The molecule has 0 saturated heterocycles. The highest BCUT2D eigenvalue weighted by Crippen LogP contribution is 2.17. The summed E-state index contributed by atoms with van der Waals surface area (Å²) < 4.78 is 1.54. The second-order valence-electron chi connectivity index (χ2n) is 4.71. The second-order valence-corrected chi connectivity index (χ2v) is 6.43. The largest absolute Gasteiger partial charge is 0.329 e. The second kappa shape index (κ2) is 6.82. The van der Waals surface area contributed by atoms with Gasteiger partial charge in [0.1, 0.15) is 11.6 Å². The standard InChI is InChI=1S/C15H12N6OS2/c1-9-6-12-18-15(23-2)19-14(21(12)20-9)17-8-10(7-16)13(22)11-4-3-5-24-11/h3-6,8H,1-2H3,(H,17,18,19). The Balaban J connectivity index is 1.96. The molecule has 0 spiro atoms. The number of aromatic nitrogens is 4. The van der Waals surface area contributed by atoms with Crippen LogP contribution in [0.5, 0.6) is 0 Å². The Morgan fingerprint density at radius 1 is 1.50 bits per heavy atom. The Morgan fingerprint density at radius 2 is 2.33 bits per heavy atom. The lowest BCUT2D eigenvalue weighted by Gasteiger charge is -2.05. The van der Waals surface area contributed by atoms with Crippen molar-refractivity contribution < 1.29 is 4.79 Å². The van der Waals surface area contributed by atoms with Crippen molar-refractivity contribution in [2.45, 2.75) is 12.1 Å². The number of ketones is 1. The number of aryl methyl sites for hydroxylation is 1. The van der Waals surface area contributed by atoms with Crippen LogP contribution in [-0.4, -0.2) is 31.6 Å². The fourth-order valence-electron chi connectivity index (χ4n) is 1.99. The minimum Gasteiger partial charge on any atom is -0.329 e. The molecule has 0 unspecified atom stereocenters. The number of thiophene rings is 1. The molecule has 120 valence electrons. The summed E-state index contributed by atoms with van der Waals surface area (Å²) in [5.74, 6) is 0.0659. The molecule has 0 fully saturated rings. The highest BCUT2D eigenvalue weighted by atomic mass is 32.2. The summed E-state index contributed by atoms with van der Waals surface area (Å²) in [6.07, 6.45) is 3.22. The molecule has 3 aromatic rings. The van der Waals surface area contributed by atoms with Crippen molar-refractivity contribution in [3.63, 3.8) is 0 Å². The third-order valence-corrected chi connectivity index (χ3v) is 4.48. The molecule has 0 aliphatic carbocycles. The first kappa shape index (κ1) is 16.2. The Labute approximate surface area is 146 Å². The number of Topliss-reactive ketones (excluding diaryl/α,β-unsaturated/α-hetero) is 1. The molecule has 1 N–H and O–H groups in total. The number of anilines is 1. The van der Waals surface area contributed by atoms with E-state index in [9.17, 15) is 10.1 Å². The van der Waals surface area contributed by atoms with E-state index < -0.39 is 0 Å². The highest BCUT2D eigenvalue weighted by Gasteiger charge is 2.14. The van der Waals surface area contributed by atoms with E-state index in [0.29, 0.717) is 21.6 Å². The zero-order chi connectivity index (χ0) is 17.1. The minimum atomic E-state index is -0.327. The molecular formula is C15H12N6OS2. The first-order chi connectivity index (χ1) is 11.6. The van der Waals surface area contributed by atoms with Gasteiger partial charge in [-0.1, -0.05) is 17.8 Å². The molecule has 0 aliphatic heterocycles. The quantitative estimate of drug-likeness (QED) is 0.325. The van der Waals surface area contributed by atoms with E-state index in [1.165, 1.54) is 33.8 Å². The van der Waals surface area contributed by atoms with Gasteiger partial charge >= 0.3 is 0 Å². The van der Waals surface area contributed by atoms with E-state index in [2.05, 4.69) is 20.4 Å². The molecule has 24 heavy (non-hydrogen) atoms. The van der Waals surface area contributed by atoms with Gasteiger partial charge in [0.05, 0.1) is 10.6 Å². The highest BCUT2D eigenvalue weighted by molar-refractivity contribution is 7.98. The average Bonchev–Trinajstić information content (AvgIpc) is 3.23. The molecule has 9 heteroatoms. The summed E-state index contributed by atoms with van der Waals surface area (Å²) in [4.78, 5) is 21.5. The summed E-state index contributed by atoms with van der Waals surface area (Å²) in [6.45, 7) is 1.86. The monoisotopic (exact) mass is 356 g/mol. The number of nitrogens with one attached hydrogen (secondary N) is 1.